The first-order valence-electron chi connectivity index (χ1n) is 6.24. The molecule has 0 bridgehead atoms. The van der Waals surface area contributed by atoms with Gasteiger partial charge >= 0.3 is 10.1 Å². The van der Waals surface area contributed by atoms with Gasteiger partial charge < -0.3 is 8.74 Å². The molecule has 0 amide bonds. The minimum atomic E-state index is -4.46. The van der Waals surface area contributed by atoms with Crippen LogP contribution in [0.15, 0.2) is 59.5 Å². The molecule has 2 rings (SSSR count). The van der Waals surface area contributed by atoms with Crippen molar-refractivity contribution in [2.24, 2.45) is 0 Å². The smallest absolute Gasteiger partial charge is 0.339 e. The van der Waals surface area contributed by atoms with Crippen LogP contribution in [0.4, 0.5) is 0 Å². The third kappa shape index (κ3) is 3.85. The first-order chi connectivity index (χ1) is 10.2. The van der Waals surface area contributed by atoms with Crippen LogP contribution in [-0.2, 0) is 20.2 Å². The van der Waals surface area contributed by atoms with Gasteiger partial charge in [-0.3, -0.25) is 0 Å². The molecule has 0 heterocycles. The summed E-state index contributed by atoms with van der Waals surface area (Å²) in [5, 5.41) is -1.22. The van der Waals surface area contributed by atoms with Crippen LogP contribution in [0.5, 0.6) is 5.75 Å². The van der Waals surface area contributed by atoms with Gasteiger partial charge in [0, 0.05) is 0 Å². The highest BCUT2D eigenvalue weighted by atomic mass is 32.2. The number of hydrogen-bond donors (Lipinski definition) is 0. The van der Waals surface area contributed by atoms with Gasteiger partial charge in [0.1, 0.15) is 20.8 Å². The Balaban J connectivity index is 2.22. The Morgan fingerprint density at radius 1 is 0.909 bits per heavy atom. The van der Waals surface area contributed by atoms with Crippen molar-refractivity contribution in [1.29, 1.82) is 0 Å². The maximum absolute atomic E-state index is 12.0. The first-order valence-corrected chi connectivity index (χ1v) is 9.12. The van der Waals surface area contributed by atoms with Crippen LogP contribution >= 0.6 is 0 Å². The van der Waals surface area contributed by atoms with Crippen molar-refractivity contribution < 1.29 is 25.6 Å². The largest absolute Gasteiger partial charge is 0.747 e. The standard InChI is InChI=1S/C14H14O6S2/c1-11(21(15,16)17)12-7-9-13(10-8-12)20-22(18,19)14-5-3-2-4-6-14/h2-11H,1H3,(H,15,16,17)/p-1/t11-/m1/s1. The van der Waals surface area contributed by atoms with E-state index in [2.05, 4.69) is 0 Å². The topological polar surface area (TPSA) is 101 Å². The van der Waals surface area contributed by atoms with Crippen LogP contribution in [0.25, 0.3) is 0 Å². The molecule has 0 aromatic heterocycles. The number of rotatable bonds is 5. The van der Waals surface area contributed by atoms with E-state index in [-0.39, 0.29) is 16.2 Å². The summed E-state index contributed by atoms with van der Waals surface area (Å²) in [6.45, 7) is 1.26. The summed E-state index contributed by atoms with van der Waals surface area (Å²) >= 11 is 0. The molecule has 0 aliphatic carbocycles. The van der Waals surface area contributed by atoms with Gasteiger partial charge in [-0.15, -0.1) is 0 Å². The van der Waals surface area contributed by atoms with Gasteiger partial charge in [0.25, 0.3) is 0 Å². The van der Waals surface area contributed by atoms with Crippen LogP contribution in [0.2, 0.25) is 0 Å². The maximum Gasteiger partial charge on any atom is 0.339 e. The summed E-state index contributed by atoms with van der Waals surface area (Å²) < 4.78 is 61.8. The molecular weight excluding hydrogens is 328 g/mol. The van der Waals surface area contributed by atoms with E-state index < -0.39 is 25.5 Å². The highest BCUT2D eigenvalue weighted by Crippen LogP contribution is 2.24. The molecule has 1 atom stereocenters. The molecule has 8 heteroatoms. The average molecular weight is 341 g/mol. The van der Waals surface area contributed by atoms with Crippen LogP contribution in [-0.4, -0.2) is 21.4 Å². The molecule has 0 saturated carbocycles. The van der Waals surface area contributed by atoms with Crippen molar-refractivity contribution in [2.45, 2.75) is 17.1 Å². The minimum absolute atomic E-state index is 0.00887. The SMILES string of the molecule is C[C@H](c1ccc(OS(=O)(=O)c2ccccc2)cc1)S(=O)(=O)[O-]. The molecular formula is C14H13O6S2-. The van der Waals surface area contributed by atoms with E-state index >= 15 is 0 Å². The first kappa shape index (κ1) is 16.5. The van der Waals surface area contributed by atoms with Crippen molar-refractivity contribution in [3.8, 4) is 5.75 Å². The van der Waals surface area contributed by atoms with E-state index in [0.29, 0.717) is 0 Å². The Morgan fingerprint density at radius 2 is 1.45 bits per heavy atom. The Labute approximate surface area is 129 Å². The molecule has 2 aromatic carbocycles. The van der Waals surface area contributed by atoms with Crippen molar-refractivity contribution in [3.63, 3.8) is 0 Å². The number of hydrogen-bond acceptors (Lipinski definition) is 6. The van der Waals surface area contributed by atoms with Crippen molar-refractivity contribution in [3.05, 3.63) is 60.2 Å². The highest BCUT2D eigenvalue weighted by molar-refractivity contribution is 7.87. The second kappa shape index (κ2) is 6.07. The van der Waals surface area contributed by atoms with Gasteiger partial charge in [-0.2, -0.15) is 8.42 Å². The predicted molar refractivity (Wildman–Crippen MR) is 78.8 cm³/mol. The van der Waals surface area contributed by atoms with Gasteiger partial charge in [-0.1, -0.05) is 30.3 Å². The zero-order chi connectivity index (χ0) is 16.4. The van der Waals surface area contributed by atoms with Crippen molar-refractivity contribution >= 4 is 20.2 Å². The van der Waals surface area contributed by atoms with Crippen LogP contribution in [0.3, 0.4) is 0 Å². The van der Waals surface area contributed by atoms with Crippen LogP contribution in [0, 0.1) is 0 Å². The second-order valence-corrected chi connectivity index (χ2v) is 7.79. The van der Waals surface area contributed by atoms with E-state index in [0.717, 1.165) is 0 Å². The highest BCUT2D eigenvalue weighted by Gasteiger charge is 2.17. The number of benzene rings is 2. The lowest BCUT2D eigenvalue weighted by Gasteiger charge is -2.16. The molecule has 6 nitrogen and oxygen atoms in total. The van der Waals surface area contributed by atoms with Crippen molar-refractivity contribution in [1.82, 2.24) is 0 Å². The zero-order valence-corrected chi connectivity index (χ0v) is 13.2. The molecule has 0 radical (unpaired) electrons. The van der Waals surface area contributed by atoms with Gasteiger partial charge in [0.2, 0.25) is 0 Å². The van der Waals surface area contributed by atoms with Gasteiger partial charge in [-0.25, -0.2) is 8.42 Å². The molecule has 0 unspecified atom stereocenters. The zero-order valence-electron chi connectivity index (χ0n) is 11.5. The Morgan fingerprint density at radius 3 is 1.95 bits per heavy atom. The summed E-state index contributed by atoms with van der Waals surface area (Å²) in [7, 11) is -8.41. The second-order valence-electron chi connectivity index (χ2n) is 4.55. The summed E-state index contributed by atoms with van der Waals surface area (Å²) in [4.78, 5) is 0.00887. The van der Waals surface area contributed by atoms with E-state index in [1.807, 2.05) is 0 Å². The Hall–Kier alpha value is -1.90. The lowest BCUT2D eigenvalue weighted by molar-refractivity contribution is 0.452. The fourth-order valence-corrected chi connectivity index (χ4v) is 3.16. The molecule has 118 valence electrons. The van der Waals surface area contributed by atoms with Crippen molar-refractivity contribution in [2.75, 3.05) is 0 Å². The minimum Gasteiger partial charge on any atom is -0.747 e. The van der Waals surface area contributed by atoms with E-state index in [4.69, 9.17) is 4.18 Å². The lowest BCUT2D eigenvalue weighted by Crippen LogP contribution is -2.10. The quantitative estimate of drug-likeness (QED) is 0.609. The molecule has 0 saturated heterocycles. The van der Waals surface area contributed by atoms with Gasteiger partial charge in [-0.05, 0) is 36.8 Å². The molecule has 0 N–H and O–H groups in total. The summed E-state index contributed by atoms with van der Waals surface area (Å²) in [5.74, 6) is 0.0306. The van der Waals surface area contributed by atoms with E-state index in [1.54, 1.807) is 18.2 Å². The monoisotopic (exact) mass is 341 g/mol. The molecule has 22 heavy (non-hydrogen) atoms. The molecule has 0 aliphatic heterocycles. The third-order valence-corrected chi connectivity index (χ3v) is 5.42. The lowest BCUT2D eigenvalue weighted by atomic mass is 10.2. The Kier molecular flexibility index (Phi) is 4.55. The molecule has 0 spiro atoms. The maximum atomic E-state index is 12.0. The van der Waals surface area contributed by atoms with Gasteiger partial charge in [0.05, 0.1) is 5.25 Å². The fraction of sp³-hybridized carbons (Fsp3) is 0.143. The van der Waals surface area contributed by atoms with E-state index in [9.17, 15) is 21.4 Å². The van der Waals surface area contributed by atoms with Gasteiger partial charge in [0.15, 0.2) is 0 Å². The summed E-state index contributed by atoms with van der Waals surface area (Å²) in [6, 6.07) is 12.9. The third-order valence-electron chi connectivity index (χ3n) is 3.02. The summed E-state index contributed by atoms with van der Waals surface area (Å²) in [5.41, 5.74) is 0.263. The predicted octanol–water partition coefficient (Wildman–Crippen LogP) is 2.06. The molecule has 0 fully saturated rings. The van der Waals surface area contributed by atoms with Crippen LogP contribution in [0.1, 0.15) is 17.7 Å². The molecule has 0 aliphatic rings. The van der Waals surface area contributed by atoms with E-state index in [1.165, 1.54) is 43.3 Å². The van der Waals surface area contributed by atoms with Crippen LogP contribution < -0.4 is 4.18 Å². The summed E-state index contributed by atoms with van der Waals surface area (Å²) in [6.07, 6.45) is 0. The Bertz CT molecular complexity index is 840. The fourth-order valence-electron chi connectivity index (χ4n) is 1.72. The molecule has 2 aromatic rings. The average Bonchev–Trinajstić information content (AvgIpc) is 2.47. The normalized spacial score (nSPS) is 13.5.